The second-order valence-electron chi connectivity index (χ2n) is 2.24. The molecule has 1 atom stereocenters. The van der Waals surface area contributed by atoms with Gasteiger partial charge in [-0.3, -0.25) is 4.79 Å². The lowest BCUT2D eigenvalue weighted by molar-refractivity contribution is -0.123. The predicted molar refractivity (Wildman–Crippen MR) is 39.5 cm³/mol. The maximum atomic E-state index is 10.8. The Hall–Kier alpha value is -0.670. The van der Waals surface area contributed by atoms with Crippen LogP contribution in [0.5, 0.6) is 0 Å². The van der Waals surface area contributed by atoms with Gasteiger partial charge in [0.2, 0.25) is 0 Å². The second kappa shape index (κ2) is 4.19. The standard InChI is InChI=1S/C7H13NO2/c1-5(2)7(10)6(9)3-4-8/h6,9H,1,3-4,8H2,2H3/t6-/m0/s1. The van der Waals surface area contributed by atoms with Gasteiger partial charge in [0.15, 0.2) is 5.78 Å². The Bertz CT molecular complexity index is 143. The highest BCUT2D eigenvalue weighted by Gasteiger charge is 2.13. The molecule has 0 unspecified atom stereocenters. The van der Waals surface area contributed by atoms with E-state index in [1.54, 1.807) is 6.92 Å². The van der Waals surface area contributed by atoms with Crippen LogP contribution in [-0.2, 0) is 4.79 Å². The molecule has 0 aliphatic rings. The van der Waals surface area contributed by atoms with E-state index >= 15 is 0 Å². The summed E-state index contributed by atoms with van der Waals surface area (Å²) in [5, 5.41) is 9.00. The molecule has 58 valence electrons. The van der Waals surface area contributed by atoms with Crippen LogP contribution in [0.3, 0.4) is 0 Å². The first-order valence-electron chi connectivity index (χ1n) is 3.17. The molecule has 3 N–H and O–H groups in total. The zero-order chi connectivity index (χ0) is 8.15. The highest BCUT2D eigenvalue weighted by atomic mass is 16.3. The molecular weight excluding hydrogens is 130 g/mol. The molecule has 0 spiro atoms. The lowest BCUT2D eigenvalue weighted by Gasteiger charge is -2.05. The number of hydrogen-bond acceptors (Lipinski definition) is 3. The Morgan fingerprint density at radius 2 is 2.30 bits per heavy atom. The summed E-state index contributed by atoms with van der Waals surface area (Å²) >= 11 is 0. The highest BCUT2D eigenvalue weighted by Crippen LogP contribution is 1.98. The third kappa shape index (κ3) is 2.75. The molecule has 0 rings (SSSR count). The predicted octanol–water partition coefficient (Wildman–Crippen LogP) is -0.159. The van der Waals surface area contributed by atoms with Crippen molar-refractivity contribution in [2.75, 3.05) is 6.54 Å². The molecule has 0 aromatic carbocycles. The topological polar surface area (TPSA) is 63.3 Å². The van der Waals surface area contributed by atoms with Crippen molar-refractivity contribution in [3.05, 3.63) is 12.2 Å². The van der Waals surface area contributed by atoms with Crippen molar-refractivity contribution in [3.8, 4) is 0 Å². The molecule has 10 heavy (non-hydrogen) atoms. The molecule has 0 saturated heterocycles. The fourth-order valence-corrected chi connectivity index (χ4v) is 0.573. The number of aliphatic hydroxyl groups is 1. The number of rotatable bonds is 4. The summed E-state index contributed by atoms with van der Waals surface area (Å²) < 4.78 is 0. The fraction of sp³-hybridized carbons (Fsp3) is 0.571. The molecule has 0 amide bonds. The minimum atomic E-state index is -0.956. The molecule has 0 aromatic rings. The van der Waals surface area contributed by atoms with E-state index in [0.29, 0.717) is 18.5 Å². The second-order valence-corrected chi connectivity index (χ2v) is 2.24. The van der Waals surface area contributed by atoms with Crippen LogP contribution in [-0.4, -0.2) is 23.5 Å². The molecule has 0 aliphatic carbocycles. The average molecular weight is 143 g/mol. The van der Waals surface area contributed by atoms with Crippen molar-refractivity contribution in [1.29, 1.82) is 0 Å². The summed E-state index contributed by atoms with van der Waals surface area (Å²) in [5.41, 5.74) is 5.50. The first-order chi connectivity index (χ1) is 4.59. The molecule has 3 nitrogen and oxygen atoms in total. The summed E-state index contributed by atoms with van der Waals surface area (Å²) in [6, 6.07) is 0. The number of carbonyl (C=O) groups is 1. The smallest absolute Gasteiger partial charge is 0.186 e. The van der Waals surface area contributed by atoms with Crippen molar-refractivity contribution < 1.29 is 9.90 Å². The SMILES string of the molecule is C=C(C)C(=O)[C@@H](O)CCN. The van der Waals surface area contributed by atoms with Crippen molar-refractivity contribution in [1.82, 2.24) is 0 Å². The number of nitrogens with two attached hydrogens (primary N) is 1. The Labute approximate surface area is 60.5 Å². The Kier molecular flexibility index (Phi) is 3.91. The van der Waals surface area contributed by atoms with Crippen LogP contribution in [0.2, 0.25) is 0 Å². The minimum Gasteiger partial charge on any atom is -0.385 e. The Balaban J connectivity index is 3.82. The van der Waals surface area contributed by atoms with Gasteiger partial charge in [-0.25, -0.2) is 0 Å². The normalized spacial score (nSPS) is 12.7. The number of aliphatic hydroxyl groups excluding tert-OH is 1. The van der Waals surface area contributed by atoms with Gasteiger partial charge < -0.3 is 10.8 Å². The molecule has 0 aliphatic heterocycles. The van der Waals surface area contributed by atoms with Gasteiger partial charge in [-0.05, 0) is 25.5 Å². The first kappa shape index (κ1) is 9.33. The van der Waals surface area contributed by atoms with Gasteiger partial charge in [0, 0.05) is 0 Å². The van der Waals surface area contributed by atoms with Crippen LogP contribution in [0.25, 0.3) is 0 Å². The van der Waals surface area contributed by atoms with E-state index in [1.807, 2.05) is 0 Å². The van der Waals surface area contributed by atoms with E-state index in [9.17, 15) is 4.79 Å². The quantitative estimate of drug-likeness (QED) is 0.537. The summed E-state index contributed by atoms with van der Waals surface area (Å²) in [4.78, 5) is 10.8. The number of hydrogen-bond donors (Lipinski definition) is 2. The van der Waals surface area contributed by atoms with Gasteiger partial charge in [0.05, 0.1) is 0 Å². The van der Waals surface area contributed by atoms with Crippen LogP contribution in [0.4, 0.5) is 0 Å². The third-order valence-electron chi connectivity index (χ3n) is 1.16. The zero-order valence-electron chi connectivity index (χ0n) is 6.13. The fourth-order valence-electron chi connectivity index (χ4n) is 0.573. The van der Waals surface area contributed by atoms with Gasteiger partial charge >= 0.3 is 0 Å². The van der Waals surface area contributed by atoms with Crippen molar-refractivity contribution in [2.45, 2.75) is 19.4 Å². The van der Waals surface area contributed by atoms with E-state index in [0.717, 1.165) is 0 Å². The summed E-state index contributed by atoms with van der Waals surface area (Å²) in [5.74, 6) is -0.314. The van der Waals surface area contributed by atoms with E-state index in [4.69, 9.17) is 10.8 Å². The van der Waals surface area contributed by atoms with Crippen LogP contribution >= 0.6 is 0 Å². The molecule has 3 heteroatoms. The van der Waals surface area contributed by atoms with Gasteiger partial charge in [-0.1, -0.05) is 6.58 Å². The van der Waals surface area contributed by atoms with E-state index < -0.39 is 6.10 Å². The molecular formula is C7H13NO2. The van der Waals surface area contributed by atoms with Crippen molar-refractivity contribution in [2.24, 2.45) is 5.73 Å². The molecule has 0 heterocycles. The van der Waals surface area contributed by atoms with E-state index in [-0.39, 0.29) is 5.78 Å². The van der Waals surface area contributed by atoms with Crippen LogP contribution in [0.15, 0.2) is 12.2 Å². The largest absolute Gasteiger partial charge is 0.385 e. The van der Waals surface area contributed by atoms with Gasteiger partial charge in [0.25, 0.3) is 0 Å². The number of carbonyl (C=O) groups excluding carboxylic acids is 1. The lowest BCUT2D eigenvalue weighted by Crippen LogP contribution is -2.23. The van der Waals surface area contributed by atoms with E-state index in [2.05, 4.69) is 6.58 Å². The average Bonchev–Trinajstić information content (AvgIpc) is 1.87. The highest BCUT2D eigenvalue weighted by molar-refractivity contribution is 5.97. The number of Topliss-reactive ketones (excluding diaryl/α,β-unsaturated/α-hetero) is 1. The maximum Gasteiger partial charge on any atom is 0.186 e. The molecule has 0 radical (unpaired) electrons. The molecule has 0 fully saturated rings. The maximum absolute atomic E-state index is 10.8. The molecule has 0 saturated carbocycles. The zero-order valence-corrected chi connectivity index (χ0v) is 6.13. The van der Waals surface area contributed by atoms with Gasteiger partial charge in [-0.2, -0.15) is 0 Å². The third-order valence-corrected chi connectivity index (χ3v) is 1.16. The first-order valence-corrected chi connectivity index (χ1v) is 3.17. The molecule has 0 aromatic heterocycles. The van der Waals surface area contributed by atoms with Crippen LogP contribution < -0.4 is 5.73 Å². The summed E-state index contributed by atoms with van der Waals surface area (Å²) in [7, 11) is 0. The van der Waals surface area contributed by atoms with Crippen LogP contribution in [0.1, 0.15) is 13.3 Å². The minimum absolute atomic E-state index is 0.311. The van der Waals surface area contributed by atoms with Gasteiger partial charge in [-0.15, -0.1) is 0 Å². The summed E-state index contributed by atoms with van der Waals surface area (Å²) in [6.07, 6.45) is -0.645. The van der Waals surface area contributed by atoms with Crippen LogP contribution in [0, 0.1) is 0 Å². The monoisotopic (exact) mass is 143 g/mol. The Morgan fingerprint density at radius 1 is 1.80 bits per heavy atom. The summed E-state index contributed by atoms with van der Waals surface area (Å²) in [6.45, 7) is 5.30. The lowest BCUT2D eigenvalue weighted by atomic mass is 10.1. The molecule has 0 bridgehead atoms. The van der Waals surface area contributed by atoms with Crippen molar-refractivity contribution >= 4 is 5.78 Å². The van der Waals surface area contributed by atoms with Gasteiger partial charge in [0.1, 0.15) is 6.10 Å². The van der Waals surface area contributed by atoms with Crippen molar-refractivity contribution in [3.63, 3.8) is 0 Å². The number of ketones is 1. The Morgan fingerprint density at radius 3 is 2.60 bits per heavy atom. The van der Waals surface area contributed by atoms with E-state index in [1.165, 1.54) is 0 Å².